The van der Waals surface area contributed by atoms with Crippen molar-refractivity contribution in [3.05, 3.63) is 56.6 Å². The highest BCUT2D eigenvalue weighted by atomic mass is 35.5. The Morgan fingerprint density at radius 3 is 1.02 bits per heavy atom. The van der Waals surface area contributed by atoms with Crippen molar-refractivity contribution in [3.8, 4) is 11.5 Å². The molecule has 0 amide bonds. The Bertz CT molecular complexity index is 999. The van der Waals surface area contributed by atoms with Gasteiger partial charge < -0.3 is 23.7 Å². The molecule has 0 fully saturated rings. The first-order chi connectivity index (χ1) is 20.8. The lowest BCUT2D eigenvalue weighted by Gasteiger charge is -2.25. The molecule has 0 radical (unpaired) electrons. The van der Waals surface area contributed by atoms with Gasteiger partial charge in [0.2, 0.25) is 0 Å². The smallest absolute Gasteiger partial charge is 0.128 e. The van der Waals surface area contributed by atoms with Gasteiger partial charge in [0.1, 0.15) is 24.7 Å². The third-order valence-electron chi connectivity index (χ3n) is 7.59. The van der Waals surface area contributed by atoms with Crippen LogP contribution in [0.3, 0.4) is 0 Å². The van der Waals surface area contributed by atoms with Gasteiger partial charge >= 0.3 is 0 Å². The lowest BCUT2D eigenvalue weighted by molar-refractivity contribution is 0.0719. The van der Waals surface area contributed by atoms with E-state index in [1.54, 1.807) is 0 Å². The van der Waals surface area contributed by atoms with E-state index in [0.29, 0.717) is 89.1 Å². The van der Waals surface area contributed by atoms with Gasteiger partial charge in [0.15, 0.2) is 0 Å². The monoisotopic (exact) mass is 638 g/mol. The van der Waals surface area contributed by atoms with Crippen molar-refractivity contribution in [1.29, 1.82) is 0 Å². The van der Waals surface area contributed by atoms with Crippen LogP contribution >= 0.6 is 23.2 Å². The molecule has 0 atom stereocenters. The summed E-state index contributed by atoms with van der Waals surface area (Å²) in [5.41, 5.74) is 4.22. The molecule has 0 aliphatic carbocycles. The van der Waals surface area contributed by atoms with Gasteiger partial charge in [0, 0.05) is 84.7 Å². The molecule has 11 heteroatoms. The maximum atomic E-state index is 6.63. The largest absolute Gasteiger partial charge is 0.491 e. The summed E-state index contributed by atoms with van der Waals surface area (Å²) >= 11 is 13.3. The molecule has 0 saturated carbocycles. The highest BCUT2D eigenvalue weighted by molar-refractivity contribution is 6.31. The normalized spacial score (nSPS) is 20.9. The molecule has 0 saturated heterocycles. The Labute approximate surface area is 267 Å². The molecule has 4 rings (SSSR count). The number of rotatable bonds is 0. The SMILES string of the molecule is CN1CCOCCN(C)Cc2cc(Cl)cc3c2OCCOCCOc2c(cc(Cl)cc2CN(C)CCOCCN(C)C3)C1. The molecule has 2 aromatic carbocycles. The molecule has 2 aliphatic rings. The lowest BCUT2D eigenvalue weighted by atomic mass is 10.1. The predicted molar refractivity (Wildman–Crippen MR) is 172 cm³/mol. The van der Waals surface area contributed by atoms with Crippen LogP contribution in [0.4, 0.5) is 0 Å². The van der Waals surface area contributed by atoms with Gasteiger partial charge in [-0.15, -0.1) is 0 Å². The summed E-state index contributed by atoms with van der Waals surface area (Å²) < 4.78 is 30.9. The molecule has 2 aliphatic heterocycles. The van der Waals surface area contributed by atoms with Crippen LogP contribution in [0.1, 0.15) is 22.3 Å². The summed E-state index contributed by atoms with van der Waals surface area (Å²) in [5.74, 6) is 1.74. The number of hydrogen-bond donors (Lipinski definition) is 0. The first kappa shape index (κ1) is 34.2. The molecule has 2 heterocycles. The van der Waals surface area contributed by atoms with Crippen LogP contribution in [0.2, 0.25) is 10.0 Å². The van der Waals surface area contributed by atoms with Gasteiger partial charge in [-0.3, -0.25) is 19.6 Å². The fraction of sp³-hybridized carbons (Fsp3) is 0.625. The van der Waals surface area contributed by atoms with Gasteiger partial charge in [-0.2, -0.15) is 0 Å². The molecule has 2 aromatic rings. The van der Waals surface area contributed by atoms with E-state index in [4.69, 9.17) is 46.9 Å². The summed E-state index contributed by atoms with van der Waals surface area (Å²) in [7, 11) is 8.38. The molecule has 0 unspecified atom stereocenters. The van der Waals surface area contributed by atoms with Crippen LogP contribution in [0.25, 0.3) is 0 Å². The Balaban J connectivity index is 1.64. The van der Waals surface area contributed by atoms with Gasteiger partial charge in [-0.25, -0.2) is 0 Å². The minimum atomic E-state index is 0.425. The third-order valence-corrected chi connectivity index (χ3v) is 8.03. The first-order valence-corrected chi connectivity index (χ1v) is 15.9. The van der Waals surface area contributed by atoms with Crippen molar-refractivity contribution in [2.24, 2.45) is 0 Å². The van der Waals surface area contributed by atoms with Crippen LogP contribution in [-0.4, -0.2) is 127 Å². The number of likely N-dealkylation sites (N-methyl/N-ethyl adjacent to an activating group) is 4. The molecule has 0 spiro atoms. The van der Waals surface area contributed by atoms with E-state index in [1.807, 2.05) is 24.3 Å². The maximum Gasteiger partial charge on any atom is 0.128 e. The van der Waals surface area contributed by atoms with E-state index in [2.05, 4.69) is 47.8 Å². The molecular weight excluding hydrogens is 591 g/mol. The molecule has 0 N–H and O–H groups in total. The second-order valence-corrected chi connectivity index (χ2v) is 12.5. The average Bonchev–Trinajstić information content (AvgIpc) is 2.93. The second kappa shape index (κ2) is 17.7. The van der Waals surface area contributed by atoms with Gasteiger partial charge in [0.05, 0.1) is 39.6 Å². The summed E-state index contributed by atoms with van der Waals surface area (Å²) in [5, 5.41) is 1.41. The molecule has 2 bridgehead atoms. The Morgan fingerprint density at radius 2 is 0.721 bits per heavy atom. The van der Waals surface area contributed by atoms with Crippen molar-refractivity contribution in [2.75, 3.05) is 107 Å². The summed E-state index contributed by atoms with van der Waals surface area (Å²) in [6.07, 6.45) is 0. The third kappa shape index (κ3) is 11.3. The van der Waals surface area contributed by atoms with Gasteiger partial charge in [0.25, 0.3) is 0 Å². The topological polar surface area (TPSA) is 59.1 Å². The Morgan fingerprint density at radius 1 is 0.442 bits per heavy atom. The van der Waals surface area contributed by atoms with Crippen molar-refractivity contribution < 1.29 is 23.7 Å². The minimum Gasteiger partial charge on any atom is -0.491 e. The number of halogens is 2. The lowest BCUT2D eigenvalue weighted by Crippen LogP contribution is -2.28. The van der Waals surface area contributed by atoms with Crippen LogP contribution in [0.5, 0.6) is 11.5 Å². The zero-order valence-corrected chi connectivity index (χ0v) is 27.7. The molecule has 0 aromatic heterocycles. The quantitative estimate of drug-likeness (QED) is 0.394. The number of nitrogens with zero attached hydrogens (tertiary/aromatic N) is 4. The van der Waals surface area contributed by atoms with Crippen LogP contribution in [0.15, 0.2) is 24.3 Å². The van der Waals surface area contributed by atoms with Crippen LogP contribution < -0.4 is 9.47 Å². The van der Waals surface area contributed by atoms with Crippen molar-refractivity contribution in [3.63, 3.8) is 0 Å². The van der Waals surface area contributed by atoms with Crippen LogP contribution in [0, 0.1) is 0 Å². The van der Waals surface area contributed by atoms with E-state index in [1.165, 1.54) is 0 Å². The standard InChI is InChI=1S/C32H48Cl2N4O5/c1-35-5-9-39-10-6-36(2)23-27-19-30(34)20-28-24-38(4)8-12-40-11-7-37(3)22-26-18-29(33)17-25(21-35)31(26)42-15-13-41-14-16-43-32(27)28/h17-20H,5-16,21-24H2,1-4H3. The minimum absolute atomic E-state index is 0.425. The van der Waals surface area contributed by atoms with Gasteiger partial charge in [-0.1, -0.05) is 23.2 Å². The highest BCUT2D eigenvalue weighted by Gasteiger charge is 2.18. The average molecular weight is 640 g/mol. The predicted octanol–water partition coefficient (Wildman–Crippen LogP) is 4.26. The number of ether oxygens (including phenoxy) is 5. The van der Waals surface area contributed by atoms with Crippen molar-refractivity contribution in [2.45, 2.75) is 26.2 Å². The molecular formula is C32H48Cl2N4O5. The summed E-state index contributed by atoms with van der Waals surface area (Å²) in [4.78, 5) is 8.96. The summed E-state index contributed by atoms with van der Waals surface area (Å²) in [6, 6.07) is 8.03. The Kier molecular flexibility index (Phi) is 14.1. The molecule has 240 valence electrons. The van der Waals surface area contributed by atoms with Crippen molar-refractivity contribution >= 4 is 23.2 Å². The fourth-order valence-corrected chi connectivity index (χ4v) is 5.86. The number of fused-ring (bicyclic) bond motifs is 6. The molecule has 9 nitrogen and oxygen atoms in total. The first-order valence-electron chi connectivity index (χ1n) is 15.1. The second-order valence-electron chi connectivity index (χ2n) is 11.6. The van der Waals surface area contributed by atoms with Gasteiger partial charge in [-0.05, 0) is 52.5 Å². The van der Waals surface area contributed by atoms with E-state index >= 15 is 0 Å². The van der Waals surface area contributed by atoms with Crippen molar-refractivity contribution in [1.82, 2.24) is 19.6 Å². The molecule has 43 heavy (non-hydrogen) atoms. The number of hydrogen-bond acceptors (Lipinski definition) is 9. The maximum absolute atomic E-state index is 6.63. The highest BCUT2D eigenvalue weighted by Crippen LogP contribution is 2.32. The zero-order chi connectivity index (χ0) is 30.6. The number of benzene rings is 2. The van der Waals surface area contributed by atoms with E-state index in [9.17, 15) is 0 Å². The van der Waals surface area contributed by atoms with E-state index < -0.39 is 0 Å². The Hall–Kier alpha value is -1.66. The van der Waals surface area contributed by atoms with Crippen LogP contribution in [-0.2, 0) is 40.4 Å². The fourth-order valence-electron chi connectivity index (χ4n) is 5.34. The van der Waals surface area contributed by atoms with E-state index in [0.717, 1.165) is 59.9 Å². The summed E-state index contributed by atoms with van der Waals surface area (Å²) in [6.45, 7) is 10.2. The van der Waals surface area contributed by atoms with E-state index in [-0.39, 0.29) is 0 Å². The zero-order valence-electron chi connectivity index (χ0n) is 26.2.